The molecule has 0 heterocycles. The molecule has 0 fully saturated rings. The minimum absolute atomic E-state index is 0.00172. The van der Waals surface area contributed by atoms with Crippen molar-refractivity contribution in [2.24, 2.45) is 10.8 Å². The average molecular weight is 315 g/mol. The maximum atomic E-state index is 12.1. The molecule has 1 amide bonds. The number of ether oxygens (including phenoxy) is 1. The number of amides is 1. The normalized spacial score (nSPS) is 14.0. The number of aliphatic hydroxyl groups excluding tert-OH is 1. The van der Waals surface area contributed by atoms with Gasteiger partial charge in [-0.15, -0.1) is 0 Å². The quantitative estimate of drug-likeness (QED) is 0.648. The van der Waals surface area contributed by atoms with Crippen LogP contribution in [0.4, 0.5) is 0 Å². The third kappa shape index (κ3) is 8.49. The zero-order valence-electron chi connectivity index (χ0n) is 15.2. The van der Waals surface area contributed by atoms with Crippen molar-refractivity contribution in [2.75, 3.05) is 13.2 Å². The summed E-state index contributed by atoms with van der Waals surface area (Å²) in [6.45, 7) is 13.3. The lowest BCUT2D eigenvalue weighted by molar-refractivity contribution is -0.129. The zero-order valence-corrected chi connectivity index (χ0v) is 15.2. The molecule has 130 valence electrons. The van der Waals surface area contributed by atoms with Crippen LogP contribution in [-0.2, 0) is 14.3 Å². The number of carbonyl (C=O) groups is 2. The molecule has 1 atom stereocenters. The molecule has 0 rings (SSSR count). The van der Waals surface area contributed by atoms with Gasteiger partial charge in [0.05, 0.1) is 18.8 Å². The molecule has 2 N–H and O–H groups in total. The summed E-state index contributed by atoms with van der Waals surface area (Å²) in [5.74, 6) is 0.0434. The van der Waals surface area contributed by atoms with Crippen LogP contribution in [0.3, 0.4) is 0 Å². The highest BCUT2D eigenvalue weighted by Gasteiger charge is 2.33. The van der Waals surface area contributed by atoms with Crippen LogP contribution < -0.4 is 5.32 Å². The highest BCUT2D eigenvalue weighted by atomic mass is 16.5. The topological polar surface area (TPSA) is 75.6 Å². The molecule has 0 aliphatic heterocycles. The Labute approximate surface area is 134 Å². The van der Waals surface area contributed by atoms with Gasteiger partial charge in [0.1, 0.15) is 5.78 Å². The molecule has 1 unspecified atom stereocenters. The summed E-state index contributed by atoms with van der Waals surface area (Å²) < 4.78 is 5.48. The van der Waals surface area contributed by atoms with Crippen LogP contribution in [0.1, 0.15) is 61.3 Å². The van der Waals surface area contributed by atoms with Gasteiger partial charge in [-0.3, -0.25) is 9.59 Å². The lowest BCUT2D eigenvalue weighted by Crippen LogP contribution is -2.39. The second-order valence-electron chi connectivity index (χ2n) is 7.75. The van der Waals surface area contributed by atoms with Crippen LogP contribution in [-0.4, -0.2) is 42.2 Å². The Hall–Kier alpha value is -0.940. The van der Waals surface area contributed by atoms with Gasteiger partial charge in [0, 0.05) is 18.4 Å². The van der Waals surface area contributed by atoms with E-state index in [9.17, 15) is 14.7 Å². The van der Waals surface area contributed by atoms with Crippen molar-refractivity contribution in [1.82, 2.24) is 5.32 Å². The van der Waals surface area contributed by atoms with Crippen molar-refractivity contribution in [2.45, 2.75) is 73.5 Å². The lowest BCUT2D eigenvalue weighted by Gasteiger charge is -2.33. The van der Waals surface area contributed by atoms with Crippen LogP contribution in [0.5, 0.6) is 0 Å². The van der Waals surface area contributed by atoms with E-state index >= 15 is 0 Å². The Balaban J connectivity index is 4.43. The number of Topliss-reactive ketones (excluding diaryl/α,β-unsaturated/α-hetero) is 1. The standard InChI is InChI=1S/C17H33NO4/c1-12(2)22-14(10-19)9-18-15(21)8-16(4,5)11-17(6,7)13(3)20/h12,14,19H,8-11H2,1-7H3,(H,18,21). The molecule has 0 saturated heterocycles. The van der Waals surface area contributed by atoms with Crippen LogP contribution in [0.2, 0.25) is 0 Å². The number of rotatable bonds is 10. The third-order valence-corrected chi connectivity index (χ3v) is 3.71. The van der Waals surface area contributed by atoms with Crippen molar-refractivity contribution < 1.29 is 19.4 Å². The third-order valence-electron chi connectivity index (χ3n) is 3.71. The van der Waals surface area contributed by atoms with E-state index < -0.39 is 5.41 Å². The molecule has 0 aliphatic rings. The molecule has 5 nitrogen and oxygen atoms in total. The molecule has 0 aromatic rings. The van der Waals surface area contributed by atoms with Gasteiger partial charge in [0.2, 0.25) is 5.91 Å². The fraction of sp³-hybridized carbons (Fsp3) is 0.882. The Morgan fingerprint density at radius 3 is 2.14 bits per heavy atom. The maximum absolute atomic E-state index is 12.1. The van der Waals surface area contributed by atoms with Crippen LogP contribution >= 0.6 is 0 Å². The first-order chi connectivity index (χ1) is 9.89. The van der Waals surface area contributed by atoms with E-state index in [1.807, 2.05) is 41.5 Å². The van der Waals surface area contributed by atoms with Crippen molar-refractivity contribution in [3.05, 3.63) is 0 Å². The highest BCUT2D eigenvalue weighted by Crippen LogP contribution is 2.36. The Morgan fingerprint density at radius 1 is 1.18 bits per heavy atom. The van der Waals surface area contributed by atoms with Gasteiger partial charge in [0.25, 0.3) is 0 Å². The van der Waals surface area contributed by atoms with Gasteiger partial charge in [0.15, 0.2) is 0 Å². The molecule has 22 heavy (non-hydrogen) atoms. The molecule has 0 aromatic heterocycles. The molecule has 0 aliphatic carbocycles. The summed E-state index contributed by atoms with van der Waals surface area (Å²) in [6, 6.07) is 0. The molecule has 5 heteroatoms. The second-order valence-corrected chi connectivity index (χ2v) is 7.75. The molecule has 0 bridgehead atoms. The molecule has 0 saturated carbocycles. The number of hydrogen-bond donors (Lipinski definition) is 2. The first-order valence-corrected chi connectivity index (χ1v) is 7.93. The van der Waals surface area contributed by atoms with Gasteiger partial charge < -0.3 is 15.2 Å². The Bertz CT molecular complexity index is 375. The van der Waals surface area contributed by atoms with Gasteiger partial charge in [-0.2, -0.15) is 0 Å². The summed E-state index contributed by atoms with van der Waals surface area (Å²) >= 11 is 0. The predicted molar refractivity (Wildman–Crippen MR) is 87.6 cm³/mol. The van der Waals surface area contributed by atoms with E-state index in [1.54, 1.807) is 6.92 Å². The summed E-state index contributed by atoms with van der Waals surface area (Å²) in [5.41, 5.74) is -0.703. The number of ketones is 1. The fourth-order valence-electron chi connectivity index (χ4n) is 2.65. The highest BCUT2D eigenvalue weighted by molar-refractivity contribution is 5.82. The number of hydrogen-bond acceptors (Lipinski definition) is 4. The predicted octanol–water partition coefficient (Wildman–Crippen LogP) is 2.31. The van der Waals surface area contributed by atoms with Gasteiger partial charge in [-0.05, 0) is 32.6 Å². The van der Waals surface area contributed by atoms with E-state index in [0.29, 0.717) is 19.4 Å². The summed E-state index contributed by atoms with van der Waals surface area (Å²) in [6.07, 6.45) is 0.598. The van der Waals surface area contributed by atoms with E-state index in [2.05, 4.69) is 5.32 Å². The minimum Gasteiger partial charge on any atom is -0.394 e. The Kier molecular flexibility index (Phi) is 8.26. The van der Waals surface area contributed by atoms with E-state index in [0.717, 1.165) is 0 Å². The number of nitrogens with one attached hydrogen (secondary N) is 1. The van der Waals surface area contributed by atoms with Crippen molar-refractivity contribution in [3.63, 3.8) is 0 Å². The lowest BCUT2D eigenvalue weighted by atomic mass is 9.71. The monoisotopic (exact) mass is 315 g/mol. The Morgan fingerprint density at radius 2 is 1.73 bits per heavy atom. The smallest absolute Gasteiger partial charge is 0.220 e. The van der Waals surface area contributed by atoms with Gasteiger partial charge in [-0.25, -0.2) is 0 Å². The van der Waals surface area contributed by atoms with E-state index in [1.165, 1.54) is 0 Å². The summed E-state index contributed by atoms with van der Waals surface area (Å²) in [7, 11) is 0. The van der Waals surface area contributed by atoms with E-state index in [4.69, 9.17) is 4.74 Å². The molecular formula is C17H33NO4. The van der Waals surface area contributed by atoms with Crippen molar-refractivity contribution >= 4 is 11.7 Å². The molecule has 0 aromatic carbocycles. The fourth-order valence-corrected chi connectivity index (χ4v) is 2.65. The molecule has 0 spiro atoms. The van der Waals surface area contributed by atoms with Crippen molar-refractivity contribution in [1.29, 1.82) is 0 Å². The minimum atomic E-state index is -0.432. The molecule has 0 radical (unpaired) electrons. The second kappa shape index (κ2) is 8.63. The summed E-state index contributed by atoms with van der Waals surface area (Å²) in [4.78, 5) is 23.7. The van der Waals surface area contributed by atoms with Gasteiger partial charge in [-0.1, -0.05) is 27.7 Å². The molecular weight excluding hydrogens is 282 g/mol. The van der Waals surface area contributed by atoms with E-state index in [-0.39, 0.29) is 35.9 Å². The maximum Gasteiger partial charge on any atom is 0.220 e. The van der Waals surface area contributed by atoms with Gasteiger partial charge >= 0.3 is 0 Å². The first-order valence-electron chi connectivity index (χ1n) is 7.93. The average Bonchev–Trinajstić information content (AvgIpc) is 2.31. The zero-order chi connectivity index (χ0) is 17.6. The van der Waals surface area contributed by atoms with Crippen molar-refractivity contribution in [3.8, 4) is 0 Å². The largest absolute Gasteiger partial charge is 0.394 e. The number of aliphatic hydroxyl groups is 1. The summed E-state index contributed by atoms with van der Waals surface area (Å²) in [5, 5.41) is 12.0. The first kappa shape index (κ1) is 21.1. The number of carbonyl (C=O) groups excluding carboxylic acids is 2. The van der Waals surface area contributed by atoms with Crippen LogP contribution in [0.15, 0.2) is 0 Å². The van der Waals surface area contributed by atoms with Crippen LogP contribution in [0, 0.1) is 10.8 Å². The SMILES string of the molecule is CC(=O)C(C)(C)CC(C)(C)CC(=O)NCC(CO)OC(C)C. The van der Waals surface area contributed by atoms with Crippen LogP contribution in [0.25, 0.3) is 0 Å².